The first kappa shape index (κ1) is 15.9. The molecule has 0 aromatic heterocycles. The van der Waals surface area contributed by atoms with E-state index in [9.17, 15) is 9.59 Å². The van der Waals surface area contributed by atoms with Gasteiger partial charge in [0, 0.05) is 25.6 Å². The van der Waals surface area contributed by atoms with Crippen LogP contribution in [0.25, 0.3) is 0 Å². The number of carboxylic acid groups (broad SMARTS) is 1. The fraction of sp³-hybridized carbons (Fsp3) is 0.846. The van der Waals surface area contributed by atoms with Crippen molar-refractivity contribution in [2.75, 3.05) is 19.6 Å². The van der Waals surface area contributed by atoms with E-state index in [1.165, 1.54) is 0 Å². The van der Waals surface area contributed by atoms with Gasteiger partial charge in [0.05, 0.1) is 6.04 Å². The van der Waals surface area contributed by atoms with Crippen molar-refractivity contribution in [2.45, 2.75) is 45.2 Å². The number of hydrogen-bond acceptors (Lipinski definition) is 4. The molecule has 1 aliphatic heterocycles. The largest absolute Gasteiger partial charge is 0.481 e. The van der Waals surface area contributed by atoms with Crippen LogP contribution in [0.15, 0.2) is 0 Å². The monoisotopic (exact) mass is 271 g/mol. The molecular formula is C13H25N3O3. The first-order chi connectivity index (χ1) is 8.90. The fourth-order valence-corrected chi connectivity index (χ4v) is 2.28. The minimum atomic E-state index is -0.924. The van der Waals surface area contributed by atoms with E-state index >= 15 is 0 Å². The molecule has 1 aliphatic rings. The van der Waals surface area contributed by atoms with Gasteiger partial charge in [-0.3, -0.25) is 9.59 Å². The summed E-state index contributed by atoms with van der Waals surface area (Å²) >= 11 is 0. The van der Waals surface area contributed by atoms with Crippen molar-refractivity contribution in [2.24, 2.45) is 11.7 Å². The van der Waals surface area contributed by atoms with Gasteiger partial charge >= 0.3 is 5.97 Å². The maximum Gasteiger partial charge on any atom is 0.303 e. The first-order valence-corrected chi connectivity index (χ1v) is 6.89. The standard InChI is InChI=1S/C13H25N3O3/c1-9(2)16-6-5-10(8-16)7-15-13(19)11(14)3-4-12(17)18/h9-11H,3-8,14H2,1-2H3,(H,15,19)(H,17,18). The molecule has 2 unspecified atom stereocenters. The van der Waals surface area contributed by atoms with Crippen LogP contribution in [0.3, 0.4) is 0 Å². The van der Waals surface area contributed by atoms with Gasteiger partial charge in [-0.2, -0.15) is 0 Å². The Balaban J connectivity index is 2.21. The van der Waals surface area contributed by atoms with Crippen molar-refractivity contribution in [3.63, 3.8) is 0 Å². The fourth-order valence-electron chi connectivity index (χ4n) is 2.28. The number of nitrogens with two attached hydrogens (primary N) is 1. The van der Waals surface area contributed by atoms with Gasteiger partial charge in [-0.1, -0.05) is 0 Å². The number of rotatable bonds is 7. The van der Waals surface area contributed by atoms with Gasteiger partial charge in [0.15, 0.2) is 0 Å². The van der Waals surface area contributed by atoms with Crippen molar-refractivity contribution in [1.29, 1.82) is 0 Å². The van der Waals surface area contributed by atoms with Crippen molar-refractivity contribution >= 4 is 11.9 Å². The highest BCUT2D eigenvalue weighted by molar-refractivity contribution is 5.82. The highest BCUT2D eigenvalue weighted by atomic mass is 16.4. The van der Waals surface area contributed by atoms with Crippen molar-refractivity contribution in [1.82, 2.24) is 10.2 Å². The molecule has 4 N–H and O–H groups in total. The number of carboxylic acids is 1. The van der Waals surface area contributed by atoms with Gasteiger partial charge in [0.25, 0.3) is 0 Å². The number of hydrogen-bond donors (Lipinski definition) is 3. The maximum absolute atomic E-state index is 11.7. The zero-order chi connectivity index (χ0) is 14.4. The topological polar surface area (TPSA) is 95.7 Å². The second kappa shape index (κ2) is 7.45. The normalized spacial score (nSPS) is 21.6. The Morgan fingerprint density at radius 1 is 1.47 bits per heavy atom. The molecule has 19 heavy (non-hydrogen) atoms. The van der Waals surface area contributed by atoms with Crippen LogP contribution < -0.4 is 11.1 Å². The van der Waals surface area contributed by atoms with E-state index in [1.54, 1.807) is 0 Å². The van der Waals surface area contributed by atoms with Crippen molar-refractivity contribution < 1.29 is 14.7 Å². The molecule has 2 atom stereocenters. The molecule has 6 nitrogen and oxygen atoms in total. The zero-order valence-corrected chi connectivity index (χ0v) is 11.8. The molecule has 0 bridgehead atoms. The summed E-state index contributed by atoms with van der Waals surface area (Å²) in [6.45, 7) is 7.04. The number of likely N-dealkylation sites (tertiary alicyclic amines) is 1. The quantitative estimate of drug-likeness (QED) is 0.607. The highest BCUT2D eigenvalue weighted by Crippen LogP contribution is 2.17. The Morgan fingerprint density at radius 2 is 2.16 bits per heavy atom. The maximum atomic E-state index is 11.7. The smallest absolute Gasteiger partial charge is 0.303 e. The average molecular weight is 271 g/mol. The molecule has 110 valence electrons. The van der Waals surface area contributed by atoms with E-state index in [1.807, 2.05) is 0 Å². The predicted octanol–water partition coefficient (Wildman–Crippen LogP) is 0.0250. The Bertz CT molecular complexity index is 320. The lowest BCUT2D eigenvalue weighted by molar-refractivity contribution is -0.137. The summed E-state index contributed by atoms with van der Waals surface area (Å²) in [7, 11) is 0. The minimum absolute atomic E-state index is 0.0703. The second-order valence-corrected chi connectivity index (χ2v) is 5.53. The number of amides is 1. The summed E-state index contributed by atoms with van der Waals surface area (Å²) in [5.41, 5.74) is 5.64. The van der Waals surface area contributed by atoms with Crippen molar-refractivity contribution in [3.8, 4) is 0 Å². The van der Waals surface area contributed by atoms with E-state index in [0.29, 0.717) is 18.5 Å². The third kappa shape index (κ3) is 5.57. The van der Waals surface area contributed by atoms with E-state index in [4.69, 9.17) is 10.8 Å². The molecule has 0 radical (unpaired) electrons. The van der Waals surface area contributed by atoms with Crippen LogP contribution in [-0.4, -0.2) is 53.6 Å². The van der Waals surface area contributed by atoms with Crippen LogP contribution in [0.5, 0.6) is 0 Å². The third-order valence-corrected chi connectivity index (χ3v) is 3.62. The molecule has 1 saturated heterocycles. The molecule has 0 aliphatic carbocycles. The van der Waals surface area contributed by atoms with E-state index < -0.39 is 12.0 Å². The Hall–Kier alpha value is -1.14. The van der Waals surface area contributed by atoms with E-state index in [-0.39, 0.29) is 18.7 Å². The predicted molar refractivity (Wildman–Crippen MR) is 72.7 cm³/mol. The Labute approximate surface area is 114 Å². The Morgan fingerprint density at radius 3 is 2.68 bits per heavy atom. The van der Waals surface area contributed by atoms with Crippen LogP contribution >= 0.6 is 0 Å². The van der Waals surface area contributed by atoms with Gasteiger partial charge in [-0.15, -0.1) is 0 Å². The summed E-state index contributed by atoms with van der Waals surface area (Å²) in [5, 5.41) is 11.4. The molecule has 0 aromatic rings. The van der Waals surface area contributed by atoms with E-state index in [2.05, 4.69) is 24.1 Å². The van der Waals surface area contributed by atoms with Gasteiger partial charge < -0.3 is 21.1 Å². The lowest BCUT2D eigenvalue weighted by Gasteiger charge is -2.20. The van der Waals surface area contributed by atoms with Gasteiger partial charge in [-0.25, -0.2) is 0 Å². The molecular weight excluding hydrogens is 246 g/mol. The summed E-state index contributed by atoms with van der Waals surface area (Å²) in [4.78, 5) is 24.5. The molecule has 6 heteroatoms. The van der Waals surface area contributed by atoms with Gasteiger partial charge in [-0.05, 0) is 39.2 Å². The summed E-state index contributed by atoms with van der Waals surface area (Å²) in [6.07, 6.45) is 1.20. The van der Waals surface area contributed by atoms with Crippen LogP contribution in [0.4, 0.5) is 0 Å². The molecule has 1 fully saturated rings. The third-order valence-electron chi connectivity index (χ3n) is 3.62. The molecule has 0 saturated carbocycles. The number of nitrogens with zero attached hydrogens (tertiary/aromatic N) is 1. The minimum Gasteiger partial charge on any atom is -0.481 e. The summed E-state index contributed by atoms with van der Waals surface area (Å²) in [6, 6.07) is -0.183. The summed E-state index contributed by atoms with van der Waals surface area (Å²) < 4.78 is 0. The molecule has 0 spiro atoms. The molecule has 1 rings (SSSR count). The van der Waals surface area contributed by atoms with Gasteiger partial charge in [0.1, 0.15) is 0 Å². The van der Waals surface area contributed by atoms with Crippen LogP contribution in [0, 0.1) is 5.92 Å². The number of nitrogens with one attached hydrogen (secondary N) is 1. The van der Waals surface area contributed by atoms with Gasteiger partial charge in [0.2, 0.25) is 5.91 Å². The SMILES string of the molecule is CC(C)N1CCC(CNC(=O)C(N)CCC(=O)O)C1. The van der Waals surface area contributed by atoms with Crippen molar-refractivity contribution in [3.05, 3.63) is 0 Å². The molecule has 0 aromatic carbocycles. The first-order valence-electron chi connectivity index (χ1n) is 6.89. The average Bonchev–Trinajstić information content (AvgIpc) is 2.81. The number of carbonyl (C=O) groups excluding carboxylic acids is 1. The van der Waals surface area contributed by atoms with Crippen LogP contribution in [0.2, 0.25) is 0 Å². The zero-order valence-electron chi connectivity index (χ0n) is 11.8. The summed E-state index contributed by atoms with van der Waals surface area (Å²) in [5.74, 6) is -0.700. The second-order valence-electron chi connectivity index (χ2n) is 5.53. The lowest BCUT2D eigenvalue weighted by atomic mass is 10.1. The lowest BCUT2D eigenvalue weighted by Crippen LogP contribution is -2.43. The molecule has 1 heterocycles. The van der Waals surface area contributed by atoms with Crippen LogP contribution in [0.1, 0.15) is 33.1 Å². The van der Waals surface area contributed by atoms with E-state index in [0.717, 1.165) is 19.5 Å². The number of carbonyl (C=O) groups is 2. The highest BCUT2D eigenvalue weighted by Gasteiger charge is 2.25. The molecule has 1 amide bonds. The van der Waals surface area contributed by atoms with Crippen LogP contribution in [-0.2, 0) is 9.59 Å². The number of aliphatic carboxylic acids is 1. The Kier molecular flexibility index (Phi) is 6.24.